The Morgan fingerprint density at radius 1 is 1.16 bits per heavy atom. The topological polar surface area (TPSA) is 67.4 Å². The van der Waals surface area contributed by atoms with Gasteiger partial charge in [0.15, 0.2) is 0 Å². The number of piperidine rings is 1. The zero-order valence-corrected chi connectivity index (χ0v) is 15.5. The predicted molar refractivity (Wildman–Crippen MR) is 98.4 cm³/mol. The zero-order chi connectivity index (χ0) is 17.6. The minimum absolute atomic E-state index is 0.0698. The van der Waals surface area contributed by atoms with Crippen LogP contribution in [0.4, 0.5) is 5.69 Å². The Hall–Kier alpha value is -1.47. The number of ether oxygens (including phenoxy) is 1. The van der Waals surface area contributed by atoms with Crippen LogP contribution >= 0.6 is 23.2 Å². The van der Waals surface area contributed by atoms with Crippen LogP contribution in [0.15, 0.2) is 41.3 Å². The molecule has 0 radical (unpaired) electrons. The average molecular weight is 399 g/mol. The molecule has 2 heterocycles. The van der Waals surface area contributed by atoms with Gasteiger partial charge in [0.25, 0.3) is 10.0 Å². The number of hydrogen-bond donors (Lipinski definition) is 2. The summed E-state index contributed by atoms with van der Waals surface area (Å²) >= 11 is 11.9. The van der Waals surface area contributed by atoms with E-state index < -0.39 is 10.0 Å². The average Bonchev–Trinajstić information content (AvgIpc) is 2.95. The summed E-state index contributed by atoms with van der Waals surface area (Å²) in [5.74, 6) is 0.993. The van der Waals surface area contributed by atoms with Gasteiger partial charge in [0.05, 0.1) is 15.6 Å². The molecule has 2 aromatic rings. The molecule has 25 heavy (non-hydrogen) atoms. The highest BCUT2D eigenvalue weighted by molar-refractivity contribution is 7.92. The summed E-state index contributed by atoms with van der Waals surface area (Å²) in [7, 11) is -3.76. The van der Waals surface area contributed by atoms with Crippen molar-refractivity contribution < 1.29 is 13.2 Å². The molecule has 0 amide bonds. The highest BCUT2D eigenvalue weighted by Crippen LogP contribution is 2.42. The highest BCUT2D eigenvalue weighted by Gasteiger charge is 2.36. The minimum atomic E-state index is -3.76. The molecule has 2 N–H and O–H groups in total. The maximum atomic E-state index is 12.7. The Morgan fingerprint density at radius 2 is 2.00 bits per heavy atom. The van der Waals surface area contributed by atoms with Crippen LogP contribution in [0.2, 0.25) is 10.0 Å². The molecular formula is C17H16Cl2N2O3S. The van der Waals surface area contributed by atoms with Crippen LogP contribution in [0, 0.1) is 0 Å². The van der Waals surface area contributed by atoms with Gasteiger partial charge in [0.1, 0.15) is 11.9 Å². The molecule has 4 rings (SSSR count). The lowest BCUT2D eigenvalue weighted by Crippen LogP contribution is -2.39. The van der Waals surface area contributed by atoms with Crippen molar-refractivity contribution in [3.63, 3.8) is 0 Å². The van der Waals surface area contributed by atoms with E-state index in [2.05, 4.69) is 10.0 Å². The molecule has 0 bridgehead atoms. The van der Waals surface area contributed by atoms with E-state index in [1.807, 2.05) is 0 Å². The second kappa shape index (κ2) is 6.36. The van der Waals surface area contributed by atoms with E-state index in [-0.39, 0.29) is 21.9 Å². The smallest absolute Gasteiger partial charge is 0.261 e. The maximum Gasteiger partial charge on any atom is 0.261 e. The molecule has 0 saturated carbocycles. The summed E-state index contributed by atoms with van der Waals surface area (Å²) in [6, 6.07) is 9.61. The number of nitrogens with one attached hydrogen (secondary N) is 2. The molecule has 132 valence electrons. The Balaban J connectivity index is 1.65. The lowest BCUT2D eigenvalue weighted by atomic mass is 9.90. The first-order valence-corrected chi connectivity index (χ1v) is 10.2. The van der Waals surface area contributed by atoms with Crippen molar-refractivity contribution in [2.75, 3.05) is 17.8 Å². The largest absolute Gasteiger partial charge is 0.488 e. The molecule has 0 aromatic heterocycles. The Kier molecular flexibility index (Phi) is 4.32. The summed E-state index contributed by atoms with van der Waals surface area (Å²) in [6.45, 7) is 1.68. The lowest BCUT2D eigenvalue weighted by Gasteiger charge is -2.24. The Bertz CT molecular complexity index is 933. The second-order valence-corrected chi connectivity index (χ2v) is 8.71. The first kappa shape index (κ1) is 17.0. The molecule has 2 aromatic carbocycles. The Morgan fingerprint density at radius 3 is 2.80 bits per heavy atom. The third-order valence-electron chi connectivity index (χ3n) is 4.57. The van der Waals surface area contributed by atoms with Gasteiger partial charge in [-0.05, 0) is 49.4 Å². The molecule has 2 unspecified atom stereocenters. The van der Waals surface area contributed by atoms with Crippen LogP contribution in [0.3, 0.4) is 0 Å². The van der Waals surface area contributed by atoms with Gasteiger partial charge in [-0.15, -0.1) is 0 Å². The number of anilines is 1. The number of hydrogen-bond acceptors (Lipinski definition) is 4. The molecule has 0 spiro atoms. The Labute approximate surface area is 156 Å². The van der Waals surface area contributed by atoms with Crippen molar-refractivity contribution >= 4 is 38.9 Å². The van der Waals surface area contributed by atoms with Crippen LogP contribution < -0.4 is 14.8 Å². The number of rotatable bonds is 3. The van der Waals surface area contributed by atoms with Crippen molar-refractivity contribution in [2.45, 2.75) is 23.3 Å². The van der Waals surface area contributed by atoms with E-state index in [4.69, 9.17) is 27.9 Å². The molecule has 0 aliphatic carbocycles. The van der Waals surface area contributed by atoms with Crippen molar-refractivity contribution in [3.8, 4) is 5.75 Å². The fourth-order valence-corrected chi connectivity index (χ4v) is 4.97. The van der Waals surface area contributed by atoms with E-state index in [1.54, 1.807) is 30.3 Å². The first-order valence-electron chi connectivity index (χ1n) is 7.93. The number of halogens is 2. The number of benzene rings is 2. The maximum absolute atomic E-state index is 12.7. The van der Waals surface area contributed by atoms with Gasteiger partial charge in [-0.1, -0.05) is 23.2 Å². The summed E-state index contributed by atoms with van der Waals surface area (Å²) in [6.07, 6.45) is 0.998. The van der Waals surface area contributed by atoms with Gasteiger partial charge in [-0.3, -0.25) is 4.72 Å². The van der Waals surface area contributed by atoms with Crippen molar-refractivity contribution in [3.05, 3.63) is 52.0 Å². The van der Waals surface area contributed by atoms with Crippen molar-refractivity contribution in [1.29, 1.82) is 0 Å². The van der Waals surface area contributed by atoms with Gasteiger partial charge in [-0.25, -0.2) is 8.42 Å². The molecule has 2 atom stereocenters. The first-order chi connectivity index (χ1) is 11.9. The van der Waals surface area contributed by atoms with Crippen LogP contribution in [0.1, 0.15) is 17.9 Å². The van der Waals surface area contributed by atoms with E-state index in [0.717, 1.165) is 30.8 Å². The van der Waals surface area contributed by atoms with Crippen LogP contribution in [-0.4, -0.2) is 27.6 Å². The zero-order valence-electron chi connectivity index (χ0n) is 13.1. The minimum Gasteiger partial charge on any atom is -0.488 e. The number of sulfonamides is 1. The monoisotopic (exact) mass is 398 g/mol. The van der Waals surface area contributed by atoms with Gasteiger partial charge < -0.3 is 10.1 Å². The van der Waals surface area contributed by atoms with Gasteiger partial charge in [0, 0.05) is 23.0 Å². The second-order valence-electron chi connectivity index (χ2n) is 6.18. The van der Waals surface area contributed by atoms with Crippen molar-refractivity contribution in [1.82, 2.24) is 5.32 Å². The SMILES string of the molecule is O=S(=O)(Nc1ccc(Cl)cc1Cl)c1ccc2c(c1)C1CCNCC1O2. The van der Waals surface area contributed by atoms with E-state index in [1.165, 1.54) is 6.07 Å². The predicted octanol–water partition coefficient (Wildman–Crippen LogP) is 3.63. The normalized spacial score (nSPS) is 22.0. The van der Waals surface area contributed by atoms with Crippen molar-refractivity contribution in [2.24, 2.45) is 0 Å². The summed E-state index contributed by atoms with van der Waals surface area (Å²) in [4.78, 5) is 0.194. The molecule has 1 saturated heterocycles. The molecule has 8 heteroatoms. The van der Waals surface area contributed by atoms with E-state index in [0.29, 0.717) is 10.7 Å². The van der Waals surface area contributed by atoms with Gasteiger partial charge in [0.2, 0.25) is 0 Å². The molecule has 1 fully saturated rings. The summed E-state index contributed by atoms with van der Waals surface area (Å²) < 4.78 is 33.9. The molecule has 2 aliphatic rings. The summed E-state index contributed by atoms with van der Waals surface area (Å²) in [5, 5.41) is 3.99. The molecule has 2 aliphatic heterocycles. The van der Waals surface area contributed by atoms with Crippen LogP contribution in [0.5, 0.6) is 5.75 Å². The fraction of sp³-hybridized carbons (Fsp3) is 0.294. The van der Waals surface area contributed by atoms with Crippen LogP contribution in [0.25, 0.3) is 0 Å². The van der Waals surface area contributed by atoms with E-state index >= 15 is 0 Å². The summed E-state index contributed by atoms with van der Waals surface area (Å²) in [5.41, 5.74) is 1.25. The molecule has 5 nitrogen and oxygen atoms in total. The standard InChI is InChI=1S/C17H16Cl2N2O3S/c18-10-1-3-15(14(19)7-10)21-25(22,23)11-2-4-16-13(8-11)12-5-6-20-9-17(12)24-16/h1-4,7-8,12,17,20-21H,5-6,9H2. The third-order valence-corrected chi connectivity index (χ3v) is 6.48. The number of fused-ring (bicyclic) bond motifs is 3. The lowest BCUT2D eigenvalue weighted by molar-refractivity contribution is 0.177. The third kappa shape index (κ3) is 3.19. The molecular weight excluding hydrogens is 383 g/mol. The van der Waals surface area contributed by atoms with Gasteiger partial charge in [-0.2, -0.15) is 0 Å². The fourth-order valence-electron chi connectivity index (χ4n) is 3.34. The van der Waals surface area contributed by atoms with Gasteiger partial charge >= 0.3 is 0 Å². The highest BCUT2D eigenvalue weighted by atomic mass is 35.5. The van der Waals surface area contributed by atoms with E-state index in [9.17, 15) is 8.42 Å². The quantitative estimate of drug-likeness (QED) is 0.827. The van der Waals surface area contributed by atoms with Crippen LogP contribution in [-0.2, 0) is 10.0 Å².